The standard InChI is InChI=1S/C13H28N2O2S/c1-4-12-10-15(6-5-13(12)9-14)7-8-18(16,17)11(2)3/h11-13H,4-10,14H2,1-3H3. The van der Waals surface area contributed by atoms with Crippen molar-refractivity contribution in [1.82, 2.24) is 4.90 Å². The van der Waals surface area contributed by atoms with Crippen molar-refractivity contribution in [1.29, 1.82) is 0 Å². The van der Waals surface area contributed by atoms with Gasteiger partial charge in [0.1, 0.15) is 0 Å². The van der Waals surface area contributed by atoms with E-state index in [4.69, 9.17) is 5.73 Å². The maximum Gasteiger partial charge on any atom is 0.153 e. The molecule has 0 spiro atoms. The van der Waals surface area contributed by atoms with Gasteiger partial charge in [-0.1, -0.05) is 13.3 Å². The number of rotatable bonds is 6. The molecule has 1 fully saturated rings. The quantitative estimate of drug-likeness (QED) is 0.789. The number of nitrogens with zero attached hydrogens (tertiary/aromatic N) is 1. The van der Waals surface area contributed by atoms with Crippen molar-refractivity contribution >= 4 is 9.84 Å². The van der Waals surface area contributed by atoms with Gasteiger partial charge < -0.3 is 10.6 Å². The molecule has 4 nitrogen and oxygen atoms in total. The third-order valence-corrected chi connectivity index (χ3v) is 6.40. The fourth-order valence-electron chi connectivity index (χ4n) is 2.62. The third kappa shape index (κ3) is 4.21. The van der Waals surface area contributed by atoms with Crippen molar-refractivity contribution in [3.63, 3.8) is 0 Å². The van der Waals surface area contributed by atoms with Gasteiger partial charge in [0.05, 0.1) is 11.0 Å². The van der Waals surface area contributed by atoms with Gasteiger partial charge in [-0.15, -0.1) is 0 Å². The van der Waals surface area contributed by atoms with Crippen molar-refractivity contribution in [2.24, 2.45) is 17.6 Å². The predicted molar refractivity (Wildman–Crippen MR) is 76.3 cm³/mol. The average Bonchev–Trinajstić information content (AvgIpc) is 2.35. The van der Waals surface area contributed by atoms with E-state index in [0.717, 1.165) is 32.5 Å². The van der Waals surface area contributed by atoms with Crippen molar-refractivity contribution in [3.8, 4) is 0 Å². The molecule has 5 heteroatoms. The lowest BCUT2D eigenvalue weighted by atomic mass is 9.84. The summed E-state index contributed by atoms with van der Waals surface area (Å²) >= 11 is 0. The van der Waals surface area contributed by atoms with E-state index in [1.54, 1.807) is 13.8 Å². The van der Waals surface area contributed by atoms with Gasteiger partial charge in [-0.05, 0) is 45.2 Å². The SMILES string of the molecule is CCC1CN(CCS(=O)(=O)C(C)C)CCC1CN. The Balaban J connectivity index is 2.46. The summed E-state index contributed by atoms with van der Waals surface area (Å²) in [5, 5.41) is -0.263. The highest BCUT2D eigenvalue weighted by Gasteiger charge is 2.27. The monoisotopic (exact) mass is 276 g/mol. The molecule has 0 saturated carbocycles. The van der Waals surface area contributed by atoms with Crippen molar-refractivity contribution in [2.45, 2.75) is 38.9 Å². The molecule has 2 unspecified atom stereocenters. The summed E-state index contributed by atoms with van der Waals surface area (Å²) in [5.41, 5.74) is 5.78. The maximum absolute atomic E-state index is 11.8. The summed E-state index contributed by atoms with van der Waals surface area (Å²) < 4.78 is 23.6. The largest absolute Gasteiger partial charge is 0.330 e. The Morgan fingerprint density at radius 2 is 2.00 bits per heavy atom. The van der Waals surface area contributed by atoms with Gasteiger partial charge in [-0.2, -0.15) is 0 Å². The number of hydrogen-bond acceptors (Lipinski definition) is 4. The fraction of sp³-hybridized carbons (Fsp3) is 1.00. The van der Waals surface area contributed by atoms with Crippen LogP contribution >= 0.6 is 0 Å². The first-order chi connectivity index (χ1) is 8.40. The molecule has 0 aromatic carbocycles. The number of hydrogen-bond donors (Lipinski definition) is 1. The zero-order valence-electron chi connectivity index (χ0n) is 11.9. The summed E-state index contributed by atoms with van der Waals surface area (Å²) in [6, 6.07) is 0. The molecule has 0 amide bonds. The van der Waals surface area contributed by atoms with Crippen LogP contribution in [0.4, 0.5) is 0 Å². The number of nitrogens with two attached hydrogens (primary N) is 1. The minimum absolute atomic E-state index is 0.263. The van der Waals surface area contributed by atoms with Crippen molar-refractivity contribution in [2.75, 3.05) is 31.9 Å². The van der Waals surface area contributed by atoms with E-state index in [1.807, 2.05) is 0 Å². The topological polar surface area (TPSA) is 63.4 Å². The molecule has 0 radical (unpaired) electrons. The van der Waals surface area contributed by atoms with Gasteiger partial charge >= 0.3 is 0 Å². The molecule has 2 atom stereocenters. The highest BCUT2D eigenvalue weighted by molar-refractivity contribution is 7.92. The summed E-state index contributed by atoms with van der Waals surface area (Å²) in [7, 11) is -2.91. The van der Waals surface area contributed by atoms with Gasteiger partial charge in [0.15, 0.2) is 9.84 Å². The van der Waals surface area contributed by atoms with Crippen molar-refractivity contribution in [3.05, 3.63) is 0 Å². The van der Waals surface area contributed by atoms with E-state index < -0.39 is 9.84 Å². The molecule has 2 N–H and O–H groups in total. The normalized spacial score (nSPS) is 26.7. The Bertz CT molecular complexity index is 341. The van der Waals surface area contributed by atoms with Gasteiger partial charge in [0.2, 0.25) is 0 Å². The van der Waals surface area contributed by atoms with Crippen LogP contribution in [0.15, 0.2) is 0 Å². The molecule has 0 aromatic heterocycles. The molecule has 18 heavy (non-hydrogen) atoms. The zero-order valence-corrected chi connectivity index (χ0v) is 12.7. The molecular formula is C13H28N2O2S. The molecule has 1 aliphatic heterocycles. The summed E-state index contributed by atoms with van der Waals surface area (Å²) in [6.45, 7) is 9.14. The Kier molecular flexibility index (Phi) is 6.08. The van der Waals surface area contributed by atoms with Crippen LogP contribution in [0.3, 0.4) is 0 Å². The fourth-order valence-corrected chi connectivity index (χ4v) is 3.61. The molecule has 0 bridgehead atoms. The van der Waals surface area contributed by atoms with Gasteiger partial charge in [0.25, 0.3) is 0 Å². The number of likely N-dealkylation sites (tertiary alicyclic amines) is 1. The summed E-state index contributed by atoms with van der Waals surface area (Å²) in [5.74, 6) is 1.53. The van der Waals surface area contributed by atoms with E-state index in [1.165, 1.54) is 0 Å². The highest BCUT2D eigenvalue weighted by Crippen LogP contribution is 2.25. The lowest BCUT2D eigenvalue weighted by molar-refractivity contribution is 0.125. The Morgan fingerprint density at radius 1 is 1.33 bits per heavy atom. The first-order valence-electron chi connectivity index (χ1n) is 7.04. The van der Waals surface area contributed by atoms with Crippen molar-refractivity contribution < 1.29 is 8.42 Å². The number of sulfone groups is 1. The first-order valence-corrected chi connectivity index (χ1v) is 8.76. The minimum atomic E-state index is -2.91. The van der Waals surface area contributed by atoms with Gasteiger partial charge in [0, 0.05) is 13.1 Å². The van der Waals surface area contributed by atoms with E-state index in [2.05, 4.69) is 11.8 Å². The van der Waals surface area contributed by atoms with E-state index in [9.17, 15) is 8.42 Å². The molecular weight excluding hydrogens is 248 g/mol. The van der Waals surface area contributed by atoms with Crippen LogP contribution in [0.1, 0.15) is 33.6 Å². The molecule has 108 valence electrons. The third-order valence-electron chi connectivity index (χ3n) is 4.21. The molecule has 0 aliphatic carbocycles. The summed E-state index contributed by atoms with van der Waals surface area (Å²) in [4.78, 5) is 2.29. The lowest BCUT2D eigenvalue weighted by Crippen LogP contribution is -2.44. The van der Waals surface area contributed by atoms with Crippen LogP contribution in [0.2, 0.25) is 0 Å². The van der Waals surface area contributed by atoms with Gasteiger partial charge in [-0.3, -0.25) is 0 Å². The van der Waals surface area contributed by atoms with E-state index in [0.29, 0.717) is 18.4 Å². The second kappa shape index (κ2) is 6.87. The van der Waals surface area contributed by atoms with Crippen LogP contribution in [0, 0.1) is 11.8 Å². The lowest BCUT2D eigenvalue weighted by Gasteiger charge is -2.37. The van der Waals surface area contributed by atoms with Gasteiger partial charge in [-0.25, -0.2) is 8.42 Å². The Labute approximate surface area is 112 Å². The molecule has 1 rings (SSSR count). The Morgan fingerprint density at radius 3 is 2.50 bits per heavy atom. The molecule has 1 heterocycles. The molecule has 1 aliphatic rings. The first kappa shape index (κ1) is 15.9. The predicted octanol–water partition coefficient (Wildman–Crippen LogP) is 1.12. The van der Waals surface area contributed by atoms with Crippen LogP contribution in [-0.4, -0.2) is 50.5 Å². The van der Waals surface area contributed by atoms with Crippen LogP contribution in [-0.2, 0) is 9.84 Å². The Hall–Kier alpha value is -0.130. The van der Waals surface area contributed by atoms with Crippen LogP contribution in [0.5, 0.6) is 0 Å². The van der Waals surface area contributed by atoms with Crippen LogP contribution in [0.25, 0.3) is 0 Å². The minimum Gasteiger partial charge on any atom is -0.330 e. The van der Waals surface area contributed by atoms with E-state index >= 15 is 0 Å². The van der Waals surface area contributed by atoms with E-state index in [-0.39, 0.29) is 11.0 Å². The smallest absolute Gasteiger partial charge is 0.153 e. The molecule has 0 aromatic rings. The molecule has 1 saturated heterocycles. The average molecular weight is 276 g/mol. The number of piperidine rings is 1. The summed E-state index contributed by atoms with van der Waals surface area (Å²) in [6.07, 6.45) is 2.24. The second-order valence-electron chi connectivity index (χ2n) is 5.67. The zero-order chi connectivity index (χ0) is 13.8. The highest BCUT2D eigenvalue weighted by atomic mass is 32.2. The maximum atomic E-state index is 11.8. The van der Waals surface area contributed by atoms with Crippen LogP contribution < -0.4 is 5.73 Å². The second-order valence-corrected chi connectivity index (χ2v) is 8.35.